The number of hydrogen-bond acceptors (Lipinski definition) is 4. The molecule has 0 aliphatic heterocycles. The molecule has 3 rings (SSSR count). The Bertz CT molecular complexity index is 968. The number of halogens is 3. The third-order valence-corrected chi connectivity index (χ3v) is 6.08. The van der Waals surface area contributed by atoms with E-state index in [4.69, 9.17) is 0 Å². The van der Waals surface area contributed by atoms with Crippen LogP contribution in [0.2, 0.25) is 0 Å². The van der Waals surface area contributed by atoms with Crippen molar-refractivity contribution in [1.82, 2.24) is 9.97 Å². The van der Waals surface area contributed by atoms with E-state index in [9.17, 15) is 13.2 Å². The first-order chi connectivity index (χ1) is 14.9. The van der Waals surface area contributed by atoms with Crippen LogP contribution in [0.25, 0.3) is 11.3 Å². The molecule has 0 unspecified atom stereocenters. The molecule has 166 valence electrons. The Labute approximate surface area is 185 Å². The van der Waals surface area contributed by atoms with Gasteiger partial charge in [-0.1, -0.05) is 45.1 Å². The lowest BCUT2D eigenvalue weighted by Gasteiger charge is -2.15. The summed E-state index contributed by atoms with van der Waals surface area (Å²) in [7, 11) is 0. The normalized spacial score (nSPS) is 11.6. The minimum absolute atomic E-state index is 0.361. The summed E-state index contributed by atoms with van der Waals surface area (Å²) in [5.74, 6) is 0. The molecule has 0 saturated heterocycles. The highest BCUT2D eigenvalue weighted by molar-refractivity contribution is 7.16. The Hall–Kier alpha value is -2.41. The van der Waals surface area contributed by atoms with Crippen molar-refractivity contribution < 1.29 is 13.2 Å². The molecule has 0 radical (unpaired) electrons. The van der Waals surface area contributed by atoms with Crippen molar-refractivity contribution in [2.75, 3.05) is 5.32 Å². The lowest BCUT2D eigenvalue weighted by atomic mass is 9.99. The monoisotopic (exact) mass is 447 g/mol. The zero-order valence-electron chi connectivity index (χ0n) is 17.9. The maximum Gasteiger partial charge on any atom is 0.416 e. The van der Waals surface area contributed by atoms with Gasteiger partial charge in [0.1, 0.15) is 0 Å². The average Bonchev–Trinajstić information content (AvgIpc) is 3.11. The summed E-state index contributed by atoms with van der Waals surface area (Å²) in [6.07, 6.45) is 5.81. The van der Waals surface area contributed by atoms with Crippen molar-refractivity contribution in [3.63, 3.8) is 0 Å². The largest absolute Gasteiger partial charge is 0.416 e. The molecule has 1 aromatic carbocycles. The number of benzene rings is 1. The van der Waals surface area contributed by atoms with Crippen LogP contribution < -0.4 is 5.32 Å². The van der Waals surface area contributed by atoms with Crippen LogP contribution in [0, 0.1) is 6.92 Å². The highest BCUT2D eigenvalue weighted by atomic mass is 32.1. The van der Waals surface area contributed by atoms with Gasteiger partial charge in [0.15, 0.2) is 5.13 Å². The minimum atomic E-state index is -4.38. The summed E-state index contributed by atoms with van der Waals surface area (Å²) in [5.41, 5.74) is 1.86. The fourth-order valence-electron chi connectivity index (χ4n) is 3.58. The fourth-order valence-corrected chi connectivity index (χ4v) is 4.43. The summed E-state index contributed by atoms with van der Waals surface area (Å²) in [5, 5.41) is 3.62. The third kappa shape index (κ3) is 6.53. The van der Waals surface area contributed by atoms with Crippen LogP contribution in [-0.2, 0) is 12.6 Å². The first-order valence-corrected chi connectivity index (χ1v) is 11.5. The number of aromatic nitrogens is 2. The smallest absolute Gasteiger partial charge is 0.332 e. The first-order valence-electron chi connectivity index (χ1n) is 10.7. The molecular weight excluding hydrogens is 419 g/mol. The molecule has 2 aromatic heterocycles. The third-order valence-electron chi connectivity index (χ3n) is 5.20. The van der Waals surface area contributed by atoms with Crippen molar-refractivity contribution in [1.29, 1.82) is 0 Å². The molecule has 0 aliphatic rings. The van der Waals surface area contributed by atoms with Gasteiger partial charge in [-0.15, -0.1) is 11.3 Å². The highest BCUT2D eigenvalue weighted by Gasteiger charge is 2.33. The van der Waals surface area contributed by atoms with Crippen molar-refractivity contribution in [3.8, 4) is 11.3 Å². The zero-order valence-corrected chi connectivity index (χ0v) is 18.7. The van der Waals surface area contributed by atoms with Crippen molar-refractivity contribution >= 4 is 22.2 Å². The van der Waals surface area contributed by atoms with Crippen LogP contribution in [0.5, 0.6) is 0 Å². The van der Waals surface area contributed by atoms with Crippen LogP contribution in [0.4, 0.5) is 24.0 Å². The molecule has 2 heterocycles. The van der Waals surface area contributed by atoms with Gasteiger partial charge in [-0.25, -0.2) is 4.98 Å². The molecule has 3 aromatic rings. The van der Waals surface area contributed by atoms with Gasteiger partial charge in [-0.2, -0.15) is 13.2 Å². The summed E-state index contributed by atoms with van der Waals surface area (Å²) >= 11 is 1.41. The number of alkyl halides is 3. The molecule has 0 fully saturated rings. The van der Waals surface area contributed by atoms with Gasteiger partial charge in [-0.3, -0.25) is 4.98 Å². The number of anilines is 2. The van der Waals surface area contributed by atoms with Crippen LogP contribution in [-0.4, -0.2) is 9.97 Å². The molecule has 31 heavy (non-hydrogen) atoms. The number of nitrogens with one attached hydrogen (secondary N) is 1. The summed E-state index contributed by atoms with van der Waals surface area (Å²) in [4.78, 5) is 9.65. The van der Waals surface area contributed by atoms with E-state index in [0.717, 1.165) is 48.2 Å². The Morgan fingerprint density at radius 2 is 1.81 bits per heavy atom. The molecule has 7 heteroatoms. The first kappa shape index (κ1) is 23.3. The van der Waals surface area contributed by atoms with Gasteiger partial charge in [0, 0.05) is 28.5 Å². The van der Waals surface area contributed by atoms with Crippen LogP contribution in [0.1, 0.15) is 61.5 Å². The SMILES string of the molecule is CCCCCCCCc1ccc(Nc2nc(-c3cccnc3)c(C)s2)cc1C(F)(F)F. The molecule has 0 aliphatic carbocycles. The molecule has 0 bridgehead atoms. The number of pyridine rings is 1. The van der Waals surface area contributed by atoms with Crippen molar-refractivity contribution in [3.05, 3.63) is 58.7 Å². The second-order valence-electron chi connectivity index (χ2n) is 7.68. The van der Waals surface area contributed by atoms with Gasteiger partial charge in [-0.05, 0) is 49.6 Å². The Kier molecular flexibility index (Phi) is 8.07. The lowest BCUT2D eigenvalue weighted by molar-refractivity contribution is -0.138. The van der Waals surface area contributed by atoms with E-state index in [1.165, 1.54) is 23.8 Å². The van der Waals surface area contributed by atoms with Gasteiger partial charge in [0.05, 0.1) is 11.3 Å². The van der Waals surface area contributed by atoms with Crippen LogP contribution >= 0.6 is 11.3 Å². The number of hydrogen-bond donors (Lipinski definition) is 1. The van der Waals surface area contributed by atoms with E-state index >= 15 is 0 Å². The second kappa shape index (κ2) is 10.8. The number of unbranched alkanes of at least 4 members (excludes halogenated alkanes) is 5. The fraction of sp³-hybridized carbons (Fsp3) is 0.417. The Morgan fingerprint density at radius 3 is 2.52 bits per heavy atom. The number of thiazole rings is 1. The van der Waals surface area contributed by atoms with Gasteiger partial charge in [0.2, 0.25) is 0 Å². The predicted octanol–water partition coefficient (Wildman–Crippen LogP) is 8.18. The zero-order chi connectivity index (χ0) is 22.3. The standard InChI is InChI=1S/C24H28F3N3S/c1-3-4-5-6-7-8-10-18-12-13-20(15-21(18)24(25,26)27)29-23-30-22(17(2)31-23)19-11-9-14-28-16-19/h9,11-16H,3-8,10H2,1-2H3,(H,29,30). The quantitative estimate of drug-likeness (QED) is 0.318. The molecule has 1 N–H and O–H groups in total. The Morgan fingerprint density at radius 1 is 1.03 bits per heavy atom. The van der Waals surface area contributed by atoms with Crippen LogP contribution in [0.15, 0.2) is 42.7 Å². The van der Waals surface area contributed by atoms with E-state index in [1.54, 1.807) is 24.5 Å². The van der Waals surface area contributed by atoms with Gasteiger partial charge < -0.3 is 5.32 Å². The van der Waals surface area contributed by atoms with E-state index < -0.39 is 11.7 Å². The lowest BCUT2D eigenvalue weighted by Crippen LogP contribution is -2.10. The maximum absolute atomic E-state index is 13.7. The van der Waals surface area contributed by atoms with Gasteiger partial charge >= 0.3 is 6.18 Å². The molecule has 0 spiro atoms. The number of aryl methyl sites for hydroxylation is 2. The molecule has 3 nitrogen and oxygen atoms in total. The van der Waals surface area contributed by atoms with E-state index in [-0.39, 0.29) is 0 Å². The maximum atomic E-state index is 13.7. The molecule has 0 amide bonds. The van der Waals surface area contributed by atoms with E-state index in [0.29, 0.717) is 22.8 Å². The van der Waals surface area contributed by atoms with E-state index in [2.05, 4.69) is 22.2 Å². The summed E-state index contributed by atoms with van der Waals surface area (Å²) < 4.78 is 41.1. The molecule has 0 saturated carbocycles. The number of rotatable bonds is 10. The topological polar surface area (TPSA) is 37.8 Å². The highest BCUT2D eigenvalue weighted by Crippen LogP contribution is 2.36. The average molecular weight is 448 g/mol. The Balaban J connectivity index is 1.72. The second-order valence-corrected chi connectivity index (χ2v) is 8.88. The predicted molar refractivity (Wildman–Crippen MR) is 122 cm³/mol. The van der Waals surface area contributed by atoms with Crippen molar-refractivity contribution in [2.45, 2.75) is 65.0 Å². The number of nitrogens with zero attached hydrogens (tertiary/aromatic N) is 2. The van der Waals surface area contributed by atoms with Crippen LogP contribution in [0.3, 0.4) is 0 Å². The minimum Gasteiger partial charge on any atom is -0.332 e. The summed E-state index contributed by atoms with van der Waals surface area (Å²) in [6, 6.07) is 8.26. The van der Waals surface area contributed by atoms with E-state index in [1.807, 2.05) is 19.1 Å². The van der Waals surface area contributed by atoms with Gasteiger partial charge in [0.25, 0.3) is 0 Å². The molecule has 0 atom stereocenters. The summed E-state index contributed by atoms with van der Waals surface area (Å²) in [6.45, 7) is 4.09. The van der Waals surface area contributed by atoms with Crippen molar-refractivity contribution in [2.24, 2.45) is 0 Å². The molecular formula is C24H28F3N3S.